The molecule has 0 bridgehead atoms. The van der Waals surface area contributed by atoms with Crippen LogP contribution in [0.3, 0.4) is 0 Å². The van der Waals surface area contributed by atoms with Crippen molar-refractivity contribution in [2.24, 2.45) is 5.92 Å². The van der Waals surface area contributed by atoms with Crippen LogP contribution in [0, 0.1) is 5.92 Å². The molecule has 2 aliphatic rings. The van der Waals surface area contributed by atoms with Crippen LogP contribution in [0.15, 0.2) is 0 Å². The number of hydrogen-bond donors (Lipinski definition) is 2. The molecule has 0 atom stereocenters. The van der Waals surface area contributed by atoms with Gasteiger partial charge in [0.05, 0.1) is 13.2 Å². The number of carbonyl (C=O) groups is 2. The second-order valence-corrected chi connectivity index (χ2v) is 7.67. The fourth-order valence-electron chi connectivity index (χ4n) is 4.13. The number of hydrogen-bond acceptors (Lipinski definition) is 5. The smallest absolute Gasteiger partial charge is 0.246 e. The first-order valence-electron chi connectivity index (χ1n) is 10.5. The van der Waals surface area contributed by atoms with Gasteiger partial charge in [0.2, 0.25) is 11.8 Å². The molecule has 1 aliphatic carbocycles. The number of nitrogens with one attached hydrogen (secondary N) is 2. The maximum atomic E-state index is 13.1. The fraction of sp³-hybridized carbons (Fsp3) is 0.900. The van der Waals surface area contributed by atoms with Gasteiger partial charge in [-0.15, -0.1) is 12.4 Å². The third kappa shape index (κ3) is 8.23. The number of piperidine rings is 1. The van der Waals surface area contributed by atoms with Crippen molar-refractivity contribution in [2.45, 2.75) is 64.0 Å². The lowest BCUT2D eigenvalue weighted by Crippen LogP contribution is -2.49. The first-order valence-corrected chi connectivity index (χ1v) is 10.5. The molecule has 0 radical (unpaired) electrons. The van der Waals surface area contributed by atoms with Crippen LogP contribution in [0.2, 0.25) is 0 Å². The summed E-state index contributed by atoms with van der Waals surface area (Å²) in [6.07, 6.45) is 6.57. The number of methoxy groups -OCH3 is 1. The summed E-state index contributed by atoms with van der Waals surface area (Å²) in [5, 5.41) is 6.42. The number of ether oxygens (including phenoxy) is 2. The highest BCUT2D eigenvalue weighted by Gasteiger charge is 2.33. The van der Waals surface area contributed by atoms with Crippen molar-refractivity contribution in [3.05, 3.63) is 0 Å². The molecule has 0 aromatic rings. The zero-order valence-corrected chi connectivity index (χ0v) is 18.2. The van der Waals surface area contributed by atoms with Crippen molar-refractivity contribution in [3.63, 3.8) is 0 Å². The van der Waals surface area contributed by atoms with Crippen LogP contribution in [-0.2, 0) is 19.1 Å². The second-order valence-electron chi connectivity index (χ2n) is 7.67. The minimum Gasteiger partial charge on any atom is -0.382 e. The summed E-state index contributed by atoms with van der Waals surface area (Å²) in [5.74, 6) is 0.358. The van der Waals surface area contributed by atoms with E-state index in [0.717, 1.165) is 64.6 Å². The zero-order valence-electron chi connectivity index (χ0n) is 17.4. The minimum atomic E-state index is -0.0804. The number of halogens is 1. The number of amides is 2. The van der Waals surface area contributed by atoms with E-state index in [-0.39, 0.29) is 36.9 Å². The van der Waals surface area contributed by atoms with Crippen molar-refractivity contribution >= 4 is 24.2 Å². The van der Waals surface area contributed by atoms with E-state index in [9.17, 15) is 9.59 Å². The van der Waals surface area contributed by atoms with Gasteiger partial charge in [-0.25, -0.2) is 0 Å². The van der Waals surface area contributed by atoms with Crippen LogP contribution >= 0.6 is 12.4 Å². The van der Waals surface area contributed by atoms with Crippen LogP contribution < -0.4 is 10.6 Å². The maximum Gasteiger partial charge on any atom is 0.246 e. The monoisotopic (exact) mass is 419 g/mol. The van der Waals surface area contributed by atoms with Gasteiger partial charge in [-0.1, -0.05) is 6.92 Å². The molecule has 1 aliphatic heterocycles. The Bertz CT molecular complexity index is 453. The van der Waals surface area contributed by atoms with Gasteiger partial charge in [0, 0.05) is 31.7 Å². The Morgan fingerprint density at radius 2 is 1.75 bits per heavy atom. The average molecular weight is 420 g/mol. The molecule has 7 nitrogen and oxygen atoms in total. The molecule has 2 rings (SSSR count). The highest BCUT2D eigenvalue weighted by atomic mass is 35.5. The van der Waals surface area contributed by atoms with Crippen molar-refractivity contribution in [3.8, 4) is 0 Å². The molecule has 1 saturated heterocycles. The summed E-state index contributed by atoms with van der Waals surface area (Å²) in [6, 6.07) is 0.548. The van der Waals surface area contributed by atoms with Gasteiger partial charge >= 0.3 is 0 Å². The topological polar surface area (TPSA) is 79.9 Å². The summed E-state index contributed by atoms with van der Waals surface area (Å²) in [7, 11) is 1.61. The standard InChI is InChI=1S/C20H37N3O4.ClH/c1-3-12-23(18-8-10-21-11-9-18)20(25)16-4-6-17(7-5-16)22-19(24)15-27-14-13-26-2;/h16-18,21H,3-15H2,1-2H3,(H,22,24);1H. The minimum absolute atomic E-state index is 0. The van der Waals surface area contributed by atoms with E-state index in [1.165, 1.54) is 0 Å². The van der Waals surface area contributed by atoms with Crippen LogP contribution in [0.4, 0.5) is 0 Å². The van der Waals surface area contributed by atoms with Crippen LogP contribution in [0.5, 0.6) is 0 Å². The number of rotatable bonds is 10. The van der Waals surface area contributed by atoms with Gasteiger partial charge < -0.3 is 25.0 Å². The molecule has 0 aromatic carbocycles. The predicted molar refractivity (Wildman–Crippen MR) is 112 cm³/mol. The molecular formula is C20H38ClN3O4. The third-order valence-electron chi connectivity index (χ3n) is 5.60. The van der Waals surface area contributed by atoms with E-state index < -0.39 is 0 Å². The molecule has 0 aromatic heterocycles. The Kier molecular flexibility index (Phi) is 12.7. The highest BCUT2D eigenvalue weighted by Crippen LogP contribution is 2.28. The second kappa shape index (κ2) is 14.1. The molecule has 0 unspecified atom stereocenters. The van der Waals surface area contributed by atoms with E-state index >= 15 is 0 Å². The molecule has 2 N–H and O–H groups in total. The van der Waals surface area contributed by atoms with Gasteiger partial charge in [-0.3, -0.25) is 9.59 Å². The third-order valence-corrected chi connectivity index (χ3v) is 5.60. The van der Waals surface area contributed by atoms with Crippen LogP contribution in [0.25, 0.3) is 0 Å². The van der Waals surface area contributed by atoms with Gasteiger partial charge in [-0.2, -0.15) is 0 Å². The summed E-state index contributed by atoms with van der Waals surface area (Å²) in [6.45, 7) is 6.00. The highest BCUT2D eigenvalue weighted by molar-refractivity contribution is 5.85. The largest absolute Gasteiger partial charge is 0.382 e. The maximum absolute atomic E-state index is 13.1. The Hall–Kier alpha value is -0.890. The molecule has 0 spiro atoms. The van der Waals surface area contributed by atoms with Crippen molar-refractivity contribution in [2.75, 3.05) is 46.6 Å². The van der Waals surface area contributed by atoms with E-state index in [0.29, 0.717) is 25.2 Å². The van der Waals surface area contributed by atoms with Crippen molar-refractivity contribution in [1.82, 2.24) is 15.5 Å². The molecule has 8 heteroatoms. The number of nitrogens with zero attached hydrogens (tertiary/aromatic N) is 1. The summed E-state index contributed by atoms with van der Waals surface area (Å²) in [4.78, 5) is 27.2. The Morgan fingerprint density at radius 3 is 2.36 bits per heavy atom. The van der Waals surface area contributed by atoms with Crippen molar-refractivity contribution < 1.29 is 19.1 Å². The summed E-state index contributed by atoms with van der Waals surface area (Å²) >= 11 is 0. The van der Waals surface area contributed by atoms with E-state index in [4.69, 9.17) is 9.47 Å². The predicted octanol–water partition coefficient (Wildman–Crippen LogP) is 1.74. The molecule has 1 saturated carbocycles. The molecule has 2 fully saturated rings. The lowest BCUT2D eigenvalue weighted by Gasteiger charge is -2.38. The van der Waals surface area contributed by atoms with Crippen molar-refractivity contribution in [1.29, 1.82) is 0 Å². The number of carbonyl (C=O) groups excluding carboxylic acids is 2. The lowest BCUT2D eigenvalue weighted by molar-refractivity contribution is -0.139. The normalized spacial score (nSPS) is 22.9. The van der Waals surface area contributed by atoms with E-state index in [1.54, 1.807) is 7.11 Å². The van der Waals surface area contributed by atoms with Crippen LogP contribution in [-0.4, -0.2) is 75.4 Å². The van der Waals surface area contributed by atoms with E-state index in [2.05, 4.69) is 22.5 Å². The SMILES string of the molecule is CCCN(C(=O)C1CCC(NC(=O)COCCOC)CC1)C1CCNCC1.Cl. The molecule has 28 heavy (non-hydrogen) atoms. The van der Waals surface area contributed by atoms with Crippen LogP contribution in [0.1, 0.15) is 51.9 Å². The molecule has 1 heterocycles. The summed E-state index contributed by atoms with van der Waals surface area (Å²) in [5.41, 5.74) is 0. The molecule has 164 valence electrons. The Morgan fingerprint density at radius 1 is 1.07 bits per heavy atom. The Labute approximate surface area is 175 Å². The first-order chi connectivity index (χ1) is 13.2. The summed E-state index contributed by atoms with van der Waals surface area (Å²) < 4.78 is 10.2. The Balaban J connectivity index is 0.00000392. The lowest BCUT2D eigenvalue weighted by atomic mass is 9.84. The first kappa shape index (κ1) is 25.1. The van der Waals surface area contributed by atoms with Gasteiger partial charge in [0.1, 0.15) is 6.61 Å². The van der Waals surface area contributed by atoms with Gasteiger partial charge in [0.15, 0.2) is 0 Å². The molecular weight excluding hydrogens is 382 g/mol. The van der Waals surface area contributed by atoms with Gasteiger partial charge in [-0.05, 0) is 58.0 Å². The van der Waals surface area contributed by atoms with Gasteiger partial charge in [0.25, 0.3) is 0 Å². The van der Waals surface area contributed by atoms with E-state index in [1.807, 2.05) is 0 Å². The fourth-order valence-corrected chi connectivity index (χ4v) is 4.13. The molecule has 2 amide bonds. The quantitative estimate of drug-likeness (QED) is 0.527. The average Bonchev–Trinajstić information content (AvgIpc) is 2.70. The zero-order chi connectivity index (χ0) is 19.5.